The molecule has 26 heavy (non-hydrogen) atoms. The summed E-state index contributed by atoms with van der Waals surface area (Å²) in [6.45, 7) is 6.88. The Morgan fingerprint density at radius 1 is 1.23 bits per heavy atom. The van der Waals surface area contributed by atoms with Crippen LogP contribution in [0.4, 0.5) is 0 Å². The molecule has 1 heterocycles. The maximum Gasteiger partial charge on any atom is 0.247 e. The number of ether oxygens (including phenoxy) is 2. The molecule has 0 aliphatic carbocycles. The molecule has 0 saturated carbocycles. The van der Waals surface area contributed by atoms with E-state index in [0.29, 0.717) is 24.7 Å². The summed E-state index contributed by atoms with van der Waals surface area (Å²) in [7, 11) is -2.10. The van der Waals surface area contributed by atoms with Crippen molar-refractivity contribution >= 4 is 10.0 Å². The molecule has 1 aliphatic heterocycles. The van der Waals surface area contributed by atoms with Crippen LogP contribution < -0.4 is 9.47 Å². The fraction of sp³-hybridized carbons (Fsp3) is 0.600. The fourth-order valence-electron chi connectivity index (χ4n) is 3.03. The van der Waals surface area contributed by atoms with Crippen molar-refractivity contribution in [3.05, 3.63) is 30.4 Å². The first kappa shape index (κ1) is 20.8. The highest BCUT2D eigenvalue weighted by Gasteiger charge is 2.31. The van der Waals surface area contributed by atoms with Crippen molar-refractivity contribution < 1.29 is 17.9 Å². The van der Waals surface area contributed by atoms with Gasteiger partial charge >= 0.3 is 0 Å². The molecule has 0 bridgehead atoms. The molecule has 2 rings (SSSR count). The van der Waals surface area contributed by atoms with Crippen molar-refractivity contribution in [2.75, 3.05) is 20.3 Å². The van der Waals surface area contributed by atoms with Crippen LogP contribution in [0.5, 0.6) is 11.5 Å². The summed E-state index contributed by atoms with van der Waals surface area (Å²) < 4.78 is 39.4. The SMILES string of the molecule is COc1ccc2c(c1)OCCCC/C=C\C[C@H](C)CN(C(C)C)S2(=O)=O. The highest BCUT2D eigenvalue weighted by atomic mass is 32.2. The van der Waals surface area contributed by atoms with E-state index >= 15 is 0 Å². The number of nitrogens with zero attached hydrogens (tertiary/aromatic N) is 1. The number of hydrogen-bond donors (Lipinski definition) is 0. The van der Waals surface area contributed by atoms with Crippen LogP contribution >= 0.6 is 0 Å². The van der Waals surface area contributed by atoms with E-state index in [2.05, 4.69) is 19.1 Å². The first-order valence-electron chi connectivity index (χ1n) is 9.34. The van der Waals surface area contributed by atoms with E-state index < -0.39 is 10.0 Å². The van der Waals surface area contributed by atoms with E-state index in [1.165, 1.54) is 0 Å². The van der Waals surface area contributed by atoms with Gasteiger partial charge in [-0.1, -0.05) is 19.1 Å². The molecule has 0 unspecified atom stereocenters. The minimum atomic E-state index is -3.66. The van der Waals surface area contributed by atoms with Gasteiger partial charge in [-0.05, 0) is 57.6 Å². The monoisotopic (exact) mass is 381 g/mol. The molecule has 1 aromatic carbocycles. The van der Waals surface area contributed by atoms with Crippen LogP contribution in [0, 0.1) is 5.92 Å². The van der Waals surface area contributed by atoms with Crippen LogP contribution in [0.25, 0.3) is 0 Å². The van der Waals surface area contributed by atoms with Gasteiger partial charge in [0.15, 0.2) is 0 Å². The van der Waals surface area contributed by atoms with Crippen LogP contribution in [-0.2, 0) is 10.0 Å². The Bertz CT molecular complexity index is 713. The Labute approximate surface area is 158 Å². The molecule has 0 amide bonds. The smallest absolute Gasteiger partial charge is 0.247 e. The highest BCUT2D eigenvalue weighted by molar-refractivity contribution is 7.89. The molecule has 5 nitrogen and oxygen atoms in total. The number of methoxy groups -OCH3 is 1. The molecule has 1 aromatic rings. The minimum Gasteiger partial charge on any atom is -0.497 e. The van der Waals surface area contributed by atoms with Gasteiger partial charge in [0.05, 0.1) is 13.7 Å². The van der Waals surface area contributed by atoms with Crippen LogP contribution in [0.3, 0.4) is 0 Å². The molecule has 146 valence electrons. The average molecular weight is 382 g/mol. The Balaban J connectivity index is 2.46. The molecule has 0 fully saturated rings. The lowest BCUT2D eigenvalue weighted by molar-refractivity contribution is 0.288. The number of fused-ring (bicyclic) bond motifs is 1. The first-order chi connectivity index (χ1) is 12.4. The molecule has 1 aliphatic rings. The van der Waals surface area contributed by atoms with Crippen molar-refractivity contribution in [3.8, 4) is 11.5 Å². The van der Waals surface area contributed by atoms with Gasteiger partial charge in [0.1, 0.15) is 16.4 Å². The molecule has 0 saturated heterocycles. The normalized spacial score (nSPS) is 23.5. The first-order valence-corrected chi connectivity index (χ1v) is 10.8. The fourth-order valence-corrected chi connectivity index (χ4v) is 4.90. The topological polar surface area (TPSA) is 55.8 Å². The van der Waals surface area contributed by atoms with Gasteiger partial charge in [-0.25, -0.2) is 8.42 Å². The van der Waals surface area contributed by atoms with Crippen LogP contribution in [0.2, 0.25) is 0 Å². The second-order valence-corrected chi connectivity index (χ2v) is 9.00. The van der Waals surface area contributed by atoms with E-state index in [0.717, 1.165) is 25.7 Å². The van der Waals surface area contributed by atoms with Gasteiger partial charge in [-0.3, -0.25) is 0 Å². The second-order valence-electron chi connectivity index (χ2n) is 7.14. The van der Waals surface area contributed by atoms with Crippen molar-refractivity contribution in [2.24, 2.45) is 5.92 Å². The summed E-state index contributed by atoms with van der Waals surface area (Å²) in [6.07, 6.45) is 8.16. The molecule has 0 radical (unpaired) electrons. The number of allylic oxidation sites excluding steroid dienone is 2. The van der Waals surface area contributed by atoms with Crippen molar-refractivity contribution in [1.82, 2.24) is 4.31 Å². The third kappa shape index (κ3) is 5.24. The summed E-state index contributed by atoms with van der Waals surface area (Å²) in [5.41, 5.74) is 0. The predicted molar refractivity (Wildman–Crippen MR) is 104 cm³/mol. The lowest BCUT2D eigenvalue weighted by Gasteiger charge is -2.29. The zero-order valence-electron chi connectivity index (χ0n) is 16.3. The Morgan fingerprint density at radius 3 is 2.69 bits per heavy atom. The van der Waals surface area contributed by atoms with E-state index in [9.17, 15) is 8.42 Å². The Morgan fingerprint density at radius 2 is 2.00 bits per heavy atom. The highest BCUT2D eigenvalue weighted by Crippen LogP contribution is 2.32. The zero-order chi connectivity index (χ0) is 19.2. The van der Waals surface area contributed by atoms with Crippen LogP contribution in [0.15, 0.2) is 35.2 Å². The van der Waals surface area contributed by atoms with Gasteiger partial charge < -0.3 is 9.47 Å². The lowest BCUT2D eigenvalue weighted by Crippen LogP contribution is -2.40. The Kier molecular flexibility index (Phi) is 7.53. The molecule has 1 atom stereocenters. The van der Waals surface area contributed by atoms with Gasteiger partial charge in [0, 0.05) is 18.7 Å². The molecule has 0 spiro atoms. The quantitative estimate of drug-likeness (QED) is 0.719. The predicted octanol–water partition coefficient (Wildman–Crippen LogP) is 4.24. The third-order valence-electron chi connectivity index (χ3n) is 4.53. The van der Waals surface area contributed by atoms with Gasteiger partial charge in [0.2, 0.25) is 10.0 Å². The summed E-state index contributed by atoms with van der Waals surface area (Å²) in [4.78, 5) is 0.215. The van der Waals surface area contributed by atoms with E-state index in [-0.39, 0.29) is 16.9 Å². The average Bonchev–Trinajstić information content (AvgIpc) is 2.60. The third-order valence-corrected chi connectivity index (χ3v) is 6.61. The Hall–Kier alpha value is -1.53. The molecular formula is C20H31NO4S. The number of benzene rings is 1. The van der Waals surface area contributed by atoms with Crippen molar-refractivity contribution in [2.45, 2.75) is 57.4 Å². The van der Waals surface area contributed by atoms with Crippen LogP contribution in [0.1, 0.15) is 46.5 Å². The van der Waals surface area contributed by atoms with Crippen LogP contribution in [-0.4, -0.2) is 39.0 Å². The number of hydrogen-bond acceptors (Lipinski definition) is 4. The van der Waals surface area contributed by atoms with Crippen molar-refractivity contribution in [3.63, 3.8) is 0 Å². The van der Waals surface area contributed by atoms with Gasteiger partial charge in [-0.15, -0.1) is 0 Å². The van der Waals surface area contributed by atoms with Gasteiger partial charge in [-0.2, -0.15) is 4.31 Å². The molecular weight excluding hydrogens is 350 g/mol. The van der Waals surface area contributed by atoms with E-state index in [1.807, 2.05) is 13.8 Å². The lowest BCUT2D eigenvalue weighted by atomic mass is 10.1. The second kappa shape index (κ2) is 9.42. The summed E-state index contributed by atoms with van der Waals surface area (Å²) in [6, 6.07) is 4.80. The molecule has 0 aromatic heterocycles. The maximum absolute atomic E-state index is 13.4. The number of sulfonamides is 1. The maximum atomic E-state index is 13.4. The zero-order valence-corrected chi connectivity index (χ0v) is 17.1. The minimum absolute atomic E-state index is 0.130. The standard InChI is InChI=1S/C20H31NO4S/c1-16(2)21-15-17(3)10-8-6-5-7-9-13-25-19-14-18(24-4)11-12-20(19)26(21,22)23/h6,8,11-12,14,16-17H,5,7,9-10,13,15H2,1-4H3/b8-6-/t17-/m0/s1. The molecule has 6 heteroatoms. The summed E-state index contributed by atoms with van der Waals surface area (Å²) >= 11 is 0. The largest absolute Gasteiger partial charge is 0.497 e. The van der Waals surface area contributed by atoms with E-state index in [4.69, 9.17) is 9.47 Å². The number of rotatable bonds is 2. The van der Waals surface area contributed by atoms with Crippen molar-refractivity contribution in [1.29, 1.82) is 0 Å². The summed E-state index contributed by atoms with van der Waals surface area (Å²) in [5.74, 6) is 1.21. The molecule has 0 N–H and O–H groups in total. The summed E-state index contributed by atoms with van der Waals surface area (Å²) in [5, 5.41) is 0. The van der Waals surface area contributed by atoms with Gasteiger partial charge in [0.25, 0.3) is 0 Å². The van der Waals surface area contributed by atoms with E-state index in [1.54, 1.807) is 29.6 Å².